The normalized spacial score (nSPS) is 11.3. The van der Waals surface area contributed by atoms with Crippen molar-refractivity contribution in [1.29, 1.82) is 0 Å². The van der Waals surface area contributed by atoms with Gasteiger partial charge < -0.3 is 18.8 Å². The molecule has 0 bridgehead atoms. The smallest absolute Gasteiger partial charge is 0.316 e. The molecule has 0 aliphatic carbocycles. The molecular formula is C21H19FN4O4. The number of fused-ring (bicyclic) bond motifs is 1. The van der Waals surface area contributed by atoms with E-state index in [9.17, 15) is 14.0 Å². The number of aromatic amines is 1. The van der Waals surface area contributed by atoms with E-state index in [0.717, 1.165) is 0 Å². The zero-order chi connectivity index (χ0) is 21.3. The third kappa shape index (κ3) is 4.00. The van der Waals surface area contributed by atoms with E-state index in [2.05, 4.69) is 15.1 Å². The summed E-state index contributed by atoms with van der Waals surface area (Å²) in [7, 11) is 0. The Morgan fingerprint density at radius 2 is 1.93 bits per heavy atom. The maximum Gasteiger partial charge on any atom is 0.316 e. The van der Waals surface area contributed by atoms with E-state index in [0.29, 0.717) is 34.7 Å². The summed E-state index contributed by atoms with van der Waals surface area (Å²) in [6.45, 7) is 4.41. The van der Waals surface area contributed by atoms with E-state index in [-0.39, 0.29) is 24.2 Å². The highest BCUT2D eigenvalue weighted by atomic mass is 19.1. The predicted molar refractivity (Wildman–Crippen MR) is 108 cm³/mol. The fraction of sp³-hybridized carbons (Fsp3) is 0.238. The molecule has 1 N–H and O–H groups in total. The Morgan fingerprint density at radius 1 is 1.17 bits per heavy atom. The van der Waals surface area contributed by atoms with Gasteiger partial charge in [0.15, 0.2) is 6.61 Å². The average molecular weight is 410 g/mol. The van der Waals surface area contributed by atoms with Crippen molar-refractivity contribution in [3.63, 3.8) is 0 Å². The first kappa shape index (κ1) is 19.6. The summed E-state index contributed by atoms with van der Waals surface area (Å²) in [5, 5.41) is 3.94. The highest BCUT2D eigenvalue weighted by Crippen LogP contribution is 2.21. The Labute approximate surface area is 169 Å². The van der Waals surface area contributed by atoms with Crippen LogP contribution >= 0.6 is 0 Å². The monoisotopic (exact) mass is 410 g/mol. The molecule has 0 amide bonds. The molecule has 9 heteroatoms. The van der Waals surface area contributed by atoms with Gasteiger partial charge in [0, 0.05) is 12.1 Å². The molecule has 8 nitrogen and oxygen atoms in total. The van der Waals surface area contributed by atoms with Crippen LogP contribution in [0.15, 0.2) is 56.6 Å². The van der Waals surface area contributed by atoms with Gasteiger partial charge in [0.2, 0.25) is 5.82 Å². The van der Waals surface area contributed by atoms with E-state index in [1.54, 1.807) is 18.2 Å². The lowest BCUT2D eigenvalue weighted by Gasteiger charge is -2.12. The van der Waals surface area contributed by atoms with Crippen molar-refractivity contribution in [2.24, 2.45) is 5.92 Å². The maximum atomic E-state index is 12.9. The Bertz CT molecular complexity index is 1310. The van der Waals surface area contributed by atoms with Crippen LogP contribution in [0.5, 0.6) is 5.75 Å². The number of H-pyrrole nitrogens is 1. The number of benzene rings is 2. The van der Waals surface area contributed by atoms with Crippen molar-refractivity contribution >= 4 is 11.0 Å². The summed E-state index contributed by atoms with van der Waals surface area (Å²) in [4.78, 5) is 31.2. The first-order valence-corrected chi connectivity index (χ1v) is 9.39. The van der Waals surface area contributed by atoms with Crippen LogP contribution in [0.2, 0.25) is 0 Å². The molecule has 0 spiro atoms. The van der Waals surface area contributed by atoms with Crippen molar-refractivity contribution in [3.05, 3.63) is 74.9 Å². The molecule has 0 radical (unpaired) electrons. The van der Waals surface area contributed by atoms with Gasteiger partial charge in [-0.2, -0.15) is 4.98 Å². The predicted octanol–water partition coefficient (Wildman–Crippen LogP) is 3.11. The average Bonchev–Trinajstić information content (AvgIpc) is 3.19. The second kappa shape index (κ2) is 7.94. The maximum absolute atomic E-state index is 12.9. The van der Waals surface area contributed by atoms with Gasteiger partial charge in [-0.25, -0.2) is 4.39 Å². The van der Waals surface area contributed by atoms with E-state index < -0.39 is 11.1 Å². The van der Waals surface area contributed by atoms with Crippen LogP contribution in [0, 0.1) is 11.7 Å². The van der Waals surface area contributed by atoms with Crippen molar-refractivity contribution in [3.8, 4) is 17.1 Å². The zero-order valence-corrected chi connectivity index (χ0v) is 16.4. The molecule has 0 aliphatic rings. The molecule has 0 unspecified atom stereocenters. The number of ether oxygens (including phenoxy) is 1. The molecule has 0 fully saturated rings. The molecule has 0 saturated heterocycles. The van der Waals surface area contributed by atoms with Gasteiger partial charge in [-0.1, -0.05) is 19.0 Å². The third-order valence-electron chi connectivity index (χ3n) is 4.42. The van der Waals surface area contributed by atoms with E-state index in [4.69, 9.17) is 9.26 Å². The fourth-order valence-electron chi connectivity index (χ4n) is 3.07. The van der Waals surface area contributed by atoms with Gasteiger partial charge >= 0.3 is 11.1 Å². The summed E-state index contributed by atoms with van der Waals surface area (Å²) >= 11 is 0. The van der Waals surface area contributed by atoms with Crippen molar-refractivity contribution < 1.29 is 13.7 Å². The molecule has 0 aliphatic heterocycles. The Hall–Kier alpha value is -3.75. The SMILES string of the molecule is CC(C)Cn1c(=O)c(=O)[nH]c2cc(-c3noc(COc4ccc(F)cc4)n3)ccc21. The van der Waals surface area contributed by atoms with Crippen molar-refractivity contribution in [2.75, 3.05) is 0 Å². The van der Waals surface area contributed by atoms with Gasteiger partial charge in [-0.3, -0.25) is 9.59 Å². The second-order valence-electron chi connectivity index (χ2n) is 7.25. The topological polar surface area (TPSA) is 103 Å². The van der Waals surface area contributed by atoms with E-state index in [1.807, 2.05) is 13.8 Å². The zero-order valence-electron chi connectivity index (χ0n) is 16.4. The molecule has 0 saturated carbocycles. The summed E-state index contributed by atoms with van der Waals surface area (Å²) in [6.07, 6.45) is 0. The van der Waals surface area contributed by atoms with Crippen LogP contribution in [0.25, 0.3) is 22.4 Å². The fourth-order valence-corrected chi connectivity index (χ4v) is 3.07. The van der Waals surface area contributed by atoms with Crippen LogP contribution in [0.3, 0.4) is 0 Å². The lowest BCUT2D eigenvalue weighted by molar-refractivity contribution is 0.242. The minimum Gasteiger partial charge on any atom is -0.484 e. The minimum atomic E-state index is -0.679. The number of nitrogens with one attached hydrogen (secondary N) is 1. The van der Waals surface area contributed by atoms with Crippen LogP contribution in [0.1, 0.15) is 19.7 Å². The number of aromatic nitrogens is 4. The van der Waals surface area contributed by atoms with Crippen LogP contribution in [-0.2, 0) is 13.2 Å². The lowest BCUT2D eigenvalue weighted by atomic mass is 10.1. The Morgan fingerprint density at radius 3 is 2.67 bits per heavy atom. The number of nitrogens with zero attached hydrogens (tertiary/aromatic N) is 3. The van der Waals surface area contributed by atoms with Gasteiger partial charge in [0.05, 0.1) is 11.0 Å². The largest absolute Gasteiger partial charge is 0.484 e. The summed E-state index contributed by atoms with van der Waals surface area (Å²) in [5.74, 6) is 0.885. The molecule has 4 aromatic rings. The molecule has 154 valence electrons. The van der Waals surface area contributed by atoms with Gasteiger partial charge in [0.25, 0.3) is 5.89 Å². The minimum absolute atomic E-state index is 0.0248. The second-order valence-corrected chi connectivity index (χ2v) is 7.25. The Balaban J connectivity index is 1.61. The number of hydrogen-bond donors (Lipinski definition) is 1. The number of halogens is 1. The quantitative estimate of drug-likeness (QED) is 0.490. The van der Waals surface area contributed by atoms with Gasteiger partial charge in [-0.05, 0) is 48.4 Å². The first-order valence-electron chi connectivity index (χ1n) is 9.39. The van der Waals surface area contributed by atoms with E-state index >= 15 is 0 Å². The van der Waals surface area contributed by atoms with Crippen LogP contribution in [0.4, 0.5) is 4.39 Å². The standard InChI is InChI=1S/C21H19FN4O4/c1-12(2)10-26-17-8-3-13(9-16(17)23-20(27)21(26)28)19-24-18(30-25-19)11-29-15-6-4-14(22)5-7-15/h3-9,12H,10-11H2,1-2H3,(H,23,27). The number of hydrogen-bond acceptors (Lipinski definition) is 6. The molecule has 2 aromatic heterocycles. The highest BCUT2D eigenvalue weighted by Gasteiger charge is 2.13. The molecule has 2 aromatic carbocycles. The summed E-state index contributed by atoms with van der Waals surface area (Å²) < 4.78 is 25.1. The summed E-state index contributed by atoms with van der Waals surface area (Å²) in [6, 6.07) is 10.8. The molecular weight excluding hydrogens is 391 g/mol. The van der Waals surface area contributed by atoms with Crippen molar-refractivity contribution in [1.82, 2.24) is 19.7 Å². The molecule has 30 heavy (non-hydrogen) atoms. The number of rotatable bonds is 6. The van der Waals surface area contributed by atoms with Crippen LogP contribution < -0.4 is 15.9 Å². The first-order chi connectivity index (χ1) is 14.4. The van der Waals surface area contributed by atoms with Gasteiger partial charge in [0.1, 0.15) is 11.6 Å². The molecule has 2 heterocycles. The highest BCUT2D eigenvalue weighted by molar-refractivity contribution is 5.80. The van der Waals surface area contributed by atoms with Crippen LogP contribution in [-0.4, -0.2) is 19.7 Å². The van der Waals surface area contributed by atoms with E-state index in [1.165, 1.54) is 28.8 Å². The van der Waals surface area contributed by atoms with Gasteiger partial charge in [-0.15, -0.1) is 0 Å². The van der Waals surface area contributed by atoms with Crippen molar-refractivity contribution in [2.45, 2.75) is 27.0 Å². The molecule has 0 atom stereocenters. The lowest BCUT2D eigenvalue weighted by Crippen LogP contribution is -2.37. The third-order valence-corrected chi connectivity index (χ3v) is 4.42. The summed E-state index contributed by atoms with van der Waals surface area (Å²) in [5.41, 5.74) is 0.488. The Kier molecular flexibility index (Phi) is 5.18. The molecule has 4 rings (SSSR count).